The number of ether oxygens (including phenoxy) is 1. The fraction of sp³-hybridized carbons (Fsp3) is 0.567. The van der Waals surface area contributed by atoms with E-state index >= 15 is 0 Å². The molecule has 0 spiro atoms. The van der Waals surface area contributed by atoms with Gasteiger partial charge in [-0.05, 0) is 85.6 Å². The van der Waals surface area contributed by atoms with E-state index < -0.39 is 0 Å². The van der Waals surface area contributed by atoms with Crippen LogP contribution < -0.4 is 9.64 Å². The molecule has 192 valence electrons. The van der Waals surface area contributed by atoms with E-state index in [4.69, 9.17) is 4.74 Å². The van der Waals surface area contributed by atoms with Crippen molar-refractivity contribution in [1.82, 2.24) is 14.9 Å². The van der Waals surface area contributed by atoms with Crippen molar-refractivity contribution in [2.75, 3.05) is 37.7 Å². The smallest absolute Gasteiger partial charge is 0.226 e. The molecule has 6 nitrogen and oxygen atoms in total. The Morgan fingerprint density at radius 1 is 1.03 bits per heavy atom. The molecule has 6 heteroatoms. The van der Waals surface area contributed by atoms with Gasteiger partial charge in [0.2, 0.25) is 11.9 Å². The Balaban J connectivity index is 1.06. The average molecular weight is 489 g/mol. The molecule has 0 radical (unpaired) electrons. The monoisotopic (exact) mass is 488 g/mol. The lowest BCUT2D eigenvalue weighted by molar-refractivity contribution is -0.134. The van der Waals surface area contributed by atoms with Crippen LogP contribution in [0.3, 0.4) is 0 Å². The number of anilines is 1. The molecule has 1 unspecified atom stereocenters. The number of likely N-dealkylation sites (tertiary alicyclic amines) is 1. The summed E-state index contributed by atoms with van der Waals surface area (Å²) in [4.78, 5) is 26.3. The second kappa shape index (κ2) is 11.4. The molecule has 2 fully saturated rings. The van der Waals surface area contributed by atoms with Crippen molar-refractivity contribution < 1.29 is 9.53 Å². The maximum atomic E-state index is 12.8. The zero-order valence-corrected chi connectivity index (χ0v) is 21.9. The standard InChI is InChI=1S/C30H40N4O2/c1-3-23-18-31-30(32-19-23)33-16-13-24(14-17-33)21-36-28-10-8-26(9-11-28)25-4-6-27(7-5-25)29(35)34-15-12-22(2)20-34/h4,8-11,18-19,22,24,27H,3,5-7,12-17,20-21H2,1-2H3/t22-,27?/m0/s1. The molecule has 2 aromatic rings. The topological polar surface area (TPSA) is 58.6 Å². The van der Waals surface area contributed by atoms with E-state index in [2.05, 4.69) is 64.0 Å². The van der Waals surface area contributed by atoms with Crippen molar-refractivity contribution in [3.8, 4) is 5.75 Å². The molecule has 1 aromatic heterocycles. The lowest BCUT2D eigenvalue weighted by Gasteiger charge is -2.31. The number of allylic oxidation sites excluding steroid dienone is 2. The Labute approximate surface area is 215 Å². The van der Waals surface area contributed by atoms with Crippen LogP contribution >= 0.6 is 0 Å². The number of amides is 1. The summed E-state index contributed by atoms with van der Waals surface area (Å²) in [5.41, 5.74) is 3.80. The number of nitrogens with zero attached hydrogens (tertiary/aromatic N) is 4. The predicted molar refractivity (Wildman–Crippen MR) is 144 cm³/mol. The molecule has 2 atom stereocenters. The summed E-state index contributed by atoms with van der Waals surface area (Å²) in [7, 11) is 0. The van der Waals surface area contributed by atoms with E-state index in [0.29, 0.717) is 17.7 Å². The number of carbonyl (C=O) groups excluding carboxylic acids is 1. The predicted octanol–water partition coefficient (Wildman–Crippen LogP) is 5.39. The summed E-state index contributed by atoms with van der Waals surface area (Å²) in [6.45, 7) is 8.96. The second-order valence-corrected chi connectivity index (χ2v) is 10.9. The molecule has 2 saturated heterocycles. The summed E-state index contributed by atoms with van der Waals surface area (Å²) in [6, 6.07) is 8.53. The van der Waals surface area contributed by atoms with E-state index in [1.54, 1.807) is 0 Å². The highest BCUT2D eigenvalue weighted by atomic mass is 16.5. The number of benzene rings is 1. The quantitative estimate of drug-likeness (QED) is 0.523. The fourth-order valence-electron chi connectivity index (χ4n) is 5.69. The van der Waals surface area contributed by atoms with Gasteiger partial charge >= 0.3 is 0 Å². The first-order valence-corrected chi connectivity index (χ1v) is 13.9. The number of piperidine rings is 1. The third kappa shape index (κ3) is 5.91. The summed E-state index contributed by atoms with van der Waals surface area (Å²) in [5, 5.41) is 0. The van der Waals surface area contributed by atoms with Gasteiger partial charge in [-0.3, -0.25) is 4.79 Å². The van der Waals surface area contributed by atoms with Crippen LogP contribution in [0, 0.1) is 17.8 Å². The first-order chi connectivity index (χ1) is 17.6. The van der Waals surface area contributed by atoms with Crippen LogP contribution in [0.25, 0.3) is 5.57 Å². The minimum atomic E-state index is 0.162. The zero-order valence-electron chi connectivity index (χ0n) is 21.9. The average Bonchev–Trinajstić information content (AvgIpc) is 3.38. The van der Waals surface area contributed by atoms with Crippen molar-refractivity contribution in [1.29, 1.82) is 0 Å². The number of aromatic nitrogens is 2. The SMILES string of the molecule is CCc1cnc(N2CCC(COc3ccc(C4=CCC(C(=O)N5CC[C@H](C)C5)CC4)cc3)CC2)nc1. The van der Waals surface area contributed by atoms with Crippen molar-refractivity contribution in [2.45, 2.75) is 58.8 Å². The van der Waals surface area contributed by atoms with Crippen molar-refractivity contribution in [2.24, 2.45) is 17.8 Å². The third-order valence-electron chi connectivity index (χ3n) is 8.20. The van der Waals surface area contributed by atoms with Crippen LogP contribution in [0.1, 0.15) is 63.5 Å². The molecule has 1 amide bonds. The van der Waals surface area contributed by atoms with Gasteiger partial charge in [0, 0.05) is 44.5 Å². The maximum absolute atomic E-state index is 12.8. The molecule has 1 aliphatic carbocycles. The zero-order chi connectivity index (χ0) is 24.9. The van der Waals surface area contributed by atoms with Crippen LogP contribution in [0.4, 0.5) is 5.95 Å². The lowest BCUT2D eigenvalue weighted by Crippen LogP contribution is -2.36. The molecule has 3 heterocycles. The van der Waals surface area contributed by atoms with E-state index in [1.165, 1.54) is 16.7 Å². The number of rotatable bonds is 7. The van der Waals surface area contributed by atoms with Gasteiger partial charge in [-0.2, -0.15) is 0 Å². The van der Waals surface area contributed by atoms with Crippen LogP contribution in [0.2, 0.25) is 0 Å². The Hall–Kier alpha value is -2.89. The molecule has 5 rings (SSSR count). The van der Waals surface area contributed by atoms with E-state index in [0.717, 1.165) is 89.4 Å². The Morgan fingerprint density at radius 2 is 1.78 bits per heavy atom. The molecular weight excluding hydrogens is 448 g/mol. The van der Waals surface area contributed by atoms with Crippen molar-refractivity contribution in [3.05, 3.63) is 53.9 Å². The van der Waals surface area contributed by atoms with E-state index in [-0.39, 0.29) is 5.92 Å². The Kier molecular flexibility index (Phi) is 7.88. The molecule has 3 aliphatic rings. The fourth-order valence-corrected chi connectivity index (χ4v) is 5.69. The Bertz CT molecular complexity index is 1040. The van der Waals surface area contributed by atoms with Gasteiger partial charge < -0.3 is 14.5 Å². The van der Waals surface area contributed by atoms with Gasteiger partial charge in [0.15, 0.2) is 0 Å². The van der Waals surface area contributed by atoms with E-state index in [9.17, 15) is 4.79 Å². The van der Waals surface area contributed by atoms with Crippen LogP contribution in [0.5, 0.6) is 5.75 Å². The van der Waals surface area contributed by atoms with Crippen LogP contribution in [0.15, 0.2) is 42.7 Å². The Morgan fingerprint density at radius 3 is 2.39 bits per heavy atom. The lowest BCUT2D eigenvalue weighted by atomic mass is 9.86. The summed E-state index contributed by atoms with van der Waals surface area (Å²) >= 11 is 0. The van der Waals surface area contributed by atoms with Crippen molar-refractivity contribution in [3.63, 3.8) is 0 Å². The molecule has 0 N–H and O–H groups in total. The summed E-state index contributed by atoms with van der Waals surface area (Å²) in [5.74, 6) is 3.52. The molecule has 36 heavy (non-hydrogen) atoms. The molecule has 0 saturated carbocycles. The molecule has 0 bridgehead atoms. The first kappa shape index (κ1) is 24.8. The summed E-state index contributed by atoms with van der Waals surface area (Å²) < 4.78 is 6.15. The molecule has 1 aromatic carbocycles. The van der Waals surface area contributed by atoms with Gasteiger partial charge in [0.05, 0.1) is 6.61 Å². The van der Waals surface area contributed by atoms with Crippen LogP contribution in [-0.4, -0.2) is 53.6 Å². The number of hydrogen-bond acceptors (Lipinski definition) is 5. The van der Waals surface area contributed by atoms with Gasteiger partial charge in [0.25, 0.3) is 0 Å². The highest BCUT2D eigenvalue weighted by Gasteiger charge is 2.30. The van der Waals surface area contributed by atoms with Gasteiger partial charge in [-0.25, -0.2) is 9.97 Å². The molecular formula is C30H40N4O2. The highest BCUT2D eigenvalue weighted by molar-refractivity contribution is 5.81. The number of aryl methyl sites for hydroxylation is 1. The first-order valence-electron chi connectivity index (χ1n) is 13.9. The minimum absolute atomic E-state index is 0.162. The van der Waals surface area contributed by atoms with Gasteiger partial charge in [-0.1, -0.05) is 32.1 Å². The minimum Gasteiger partial charge on any atom is -0.493 e. The van der Waals surface area contributed by atoms with Crippen LogP contribution in [-0.2, 0) is 11.2 Å². The van der Waals surface area contributed by atoms with Gasteiger partial charge in [0.1, 0.15) is 5.75 Å². The largest absolute Gasteiger partial charge is 0.493 e. The maximum Gasteiger partial charge on any atom is 0.226 e. The normalized spacial score (nSPS) is 23.0. The van der Waals surface area contributed by atoms with Gasteiger partial charge in [-0.15, -0.1) is 0 Å². The number of hydrogen-bond donors (Lipinski definition) is 0. The number of carbonyl (C=O) groups is 1. The third-order valence-corrected chi connectivity index (χ3v) is 8.20. The van der Waals surface area contributed by atoms with Crippen molar-refractivity contribution >= 4 is 17.4 Å². The second-order valence-electron chi connectivity index (χ2n) is 10.9. The summed E-state index contributed by atoms with van der Waals surface area (Å²) in [6.07, 6.45) is 13.3. The van der Waals surface area contributed by atoms with E-state index in [1.807, 2.05) is 12.4 Å². The highest BCUT2D eigenvalue weighted by Crippen LogP contribution is 2.33. The molecule has 2 aliphatic heterocycles.